The first-order chi connectivity index (χ1) is 9.60. The van der Waals surface area contributed by atoms with E-state index in [0.29, 0.717) is 23.4 Å². The van der Waals surface area contributed by atoms with Gasteiger partial charge in [0.2, 0.25) is 5.91 Å². The van der Waals surface area contributed by atoms with Crippen LogP contribution < -0.4 is 10.6 Å². The smallest absolute Gasteiger partial charge is 0.260 e. The summed E-state index contributed by atoms with van der Waals surface area (Å²) in [5, 5.41) is 8.86. The topological polar surface area (TPSA) is 84.2 Å². The second kappa shape index (κ2) is 6.01. The van der Waals surface area contributed by atoms with Crippen molar-refractivity contribution in [3.05, 3.63) is 47.3 Å². The highest BCUT2D eigenvalue weighted by molar-refractivity contribution is 6.04. The molecule has 6 heteroatoms. The van der Waals surface area contributed by atoms with Gasteiger partial charge in [0.25, 0.3) is 5.91 Å². The molecule has 2 aromatic rings. The van der Waals surface area contributed by atoms with Gasteiger partial charge >= 0.3 is 0 Å². The molecule has 0 saturated carbocycles. The van der Waals surface area contributed by atoms with Crippen LogP contribution in [0.25, 0.3) is 0 Å². The molecule has 0 spiro atoms. The maximum absolute atomic E-state index is 11.9. The Morgan fingerprint density at radius 1 is 1.25 bits per heavy atom. The SMILES string of the molecule is CNC(=O)Cc1ccc(NC(=O)c2cnoc2C)cc1. The molecule has 0 unspecified atom stereocenters. The number of carbonyl (C=O) groups is 2. The molecule has 0 radical (unpaired) electrons. The van der Waals surface area contributed by atoms with Crippen molar-refractivity contribution in [1.82, 2.24) is 10.5 Å². The summed E-state index contributed by atoms with van der Waals surface area (Å²) in [6.07, 6.45) is 1.69. The monoisotopic (exact) mass is 273 g/mol. The van der Waals surface area contributed by atoms with Crippen molar-refractivity contribution in [2.75, 3.05) is 12.4 Å². The van der Waals surface area contributed by atoms with Gasteiger partial charge < -0.3 is 15.2 Å². The summed E-state index contributed by atoms with van der Waals surface area (Å²) in [5.41, 5.74) is 1.93. The standard InChI is InChI=1S/C14H15N3O3/c1-9-12(8-16-20-9)14(19)17-11-5-3-10(4-6-11)7-13(18)15-2/h3-6,8H,7H2,1-2H3,(H,15,18)(H,17,19). The van der Waals surface area contributed by atoms with E-state index in [2.05, 4.69) is 15.8 Å². The summed E-state index contributed by atoms with van der Waals surface area (Å²) in [5.74, 6) is 0.142. The first kappa shape index (κ1) is 13.8. The number of aryl methyl sites for hydroxylation is 1. The van der Waals surface area contributed by atoms with E-state index in [1.165, 1.54) is 6.20 Å². The summed E-state index contributed by atoms with van der Waals surface area (Å²) in [4.78, 5) is 23.2. The van der Waals surface area contributed by atoms with E-state index in [1.54, 1.807) is 38.2 Å². The molecule has 0 aliphatic rings. The molecule has 2 rings (SSSR count). The van der Waals surface area contributed by atoms with E-state index >= 15 is 0 Å². The van der Waals surface area contributed by atoms with Gasteiger partial charge in [-0.1, -0.05) is 17.3 Å². The summed E-state index contributed by atoms with van der Waals surface area (Å²) in [7, 11) is 1.60. The summed E-state index contributed by atoms with van der Waals surface area (Å²) in [6, 6.07) is 7.09. The lowest BCUT2D eigenvalue weighted by molar-refractivity contribution is -0.119. The van der Waals surface area contributed by atoms with E-state index in [-0.39, 0.29) is 11.8 Å². The highest BCUT2D eigenvalue weighted by Crippen LogP contribution is 2.13. The normalized spacial score (nSPS) is 10.1. The minimum absolute atomic E-state index is 0.0538. The molecule has 0 aliphatic carbocycles. The Morgan fingerprint density at radius 3 is 2.50 bits per heavy atom. The number of rotatable bonds is 4. The number of aromatic nitrogens is 1. The van der Waals surface area contributed by atoms with E-state index in [1.807, 2.05) is 0 Å². The first-order valence-corrected chi connectivity index (χ1v) is 6.12. The summed E-state index contributed by atoms with van der Waals surface area (Å²) in [6.45, 7) is 1.67. The number of hydrogen-bond acceptors (Lipinski definition) is 4. The largest absolute Gasteiger partial charge is 0.361 e. The van der Waals surface area contributed by atoms with Crippen molar-refractivity contribution < 1.29 is 14.1 Å². The fourth-order valence-corrected chi connectivity index (χ4v) is 1.69. The molecule has 0 aliphatic heterocycles. The molecule has 104 valence electrons. The van der Waals surface area contributed by atoms with Crippen LogP contribution >= 0.6 is 0 Å². The molecule has 0 saturated heterocycles. The van der Waals surface area contributed by atoms with Crippen molar-refractivity contribution in [3.8, 4) is 0 Å². The van der Waals surface area contributed by atoms with Gasteiger partial charge in [-0.2, -0.15) is 0 Å². The van der Waals surface area contributed by atoms with Gasteiger partial charge in [0, 0.05) is 12.7 Å². The number of likely N-dealkylation sites (N-methyl/N-ethyl adjacent to an activating group) is 1. The predicted molar refractivity (Wildman–Crippen MR) is 73.4 cm³/mol. The van der Waals surface area contributed by atoms with Gasteiger partial charge in [0.15, 0.2) is 0 Å². The van der Waals surface area contributed by atoms with Crippen LogP contribution in [0.1, 0.15) is 21.7 Å². The third kappa shape index (κ3) is 3.23. The van der Waals surface area contributed by atoms with Crippen molar-refractivity contribution in [2.24, 2.45) is 0 Å². The Hall–Kier alpha value is -2.63. The van der Waals surface area contributed by atoms with Crippen LogP contribution in [-0.2, 0) is 11.2 Å². The Labute approximate surface area is 116 Å². The van der Waals surface area contributed by atoms with Crippen LogP contribution in [0.2, 0.25) is 0 Å². The average Bonchev–Trinajstić information content (AvgIpc) is 2.87. The van der Waals surface area contributed by atoms with Gasteiger partial charge in [0.1, 0.15) is 11.3 Å². The maximum Gasteiger partial charge on any atom is 0.260 e. The zero-order valence-electron chi connectivity index (χ0n) is 11.3. The molecule has 1 aromatic carbocycles. The Morgan fingerprint density at radius 2 is 1.95 bits per heavy atom. The van der Waals surface area contributed by atoms with Crippen LogP contribution in [-0.4, -0.2) is 24.0 Å². The van der Waals surface area contributed by atoms with Crippen LogP contribution in [0.5, 0.6) is 0 Å². The first-order valence-electron chi connectivity index (χ1n) is 6.12. The van der Waals surface area contributed by atoms with E-state index in [0.717, 1.165) is 5.56 Å². The number of nitrogens with one attached hydrogen (secondary N) is 2. The van der Waals surface area contributed by atoms with Gasteiger partial charge in [-0.25, -0.2) is 0 Å². The molecule has 2 amide bonds. The van der Waals surface area contributed by atoms with E-state index < -0.39 is 0 Å². The zero-order valence-corrected chi connectivity index (χ0v) is 11.3. The van der Waals surface area contributed by atoms with Crippen molar-refractivity contribution in [2.45, 2.75) is 13.3 Å². The van der Waals surface area contributed by atoms with E-state index in [9.17, 15) is 9.59 Å². The minimum Gasteiger partial charge on any atom is -0.361 e. The molecule has 20 heavy (non-hydrogen) atoms. The highest BCUT2D eigenvalue weighted by atomic mass is 16.5. The van der Waals surface area contributed by atoms with Crippen LogP contribution in [0.3, 0.4) is 0 Å². The number of hydrogen-bond donors (Lipinski definition) is 2. The lowest BCUT2D eigenvalue weighted by Crippen LogP contribution is -2.19. The van der Waals surface area contributed by atoms with Crippen molar-refractivity contribution in [3.63, 3.8) is 0 Å². The third-order valence-corrected chi connectivity index (χ3v) is 2.85. The molecule has 1 heterocycles. The lowest BCUT2D eigenvalue weighted by Gasteiger charge is -2.05. The molecular weight excluding hydrogens is 258 g/mol. The number of benzene rings is 1. The predicted octanol–water partition coefficient (Wildman–Crippen LogP) is 1.52. The molecule has 2 N–H and O–H groups in total. The Bertz CT molecular complexity index is 617. The fourth-order valence-electron chi connectivity index (χ4n) is 1.69. The quantitative estimate of drug-likeness (QED) is 0.884. The van der Waals surface area contributed by atoms with Gasteiger partial charge in [0.05, 0.1) is 12.6 Å². The van der Waals surface area contributed by atoms with Gasteiger partial charge in [-0.3, -0.25) is 9.59 Å². The summed E-state index contributed by atoms with van der Waals surface area (Å²) >= 11 is 0. The van der Waals surface area contributed by atoms with Crippen molar-refractivity contribution in [1.29, 1.82) is 0 Å². The third-order valence-electron chi connectivity index (χ3n) is 2.85. The average molecular weight is 273 g/mol. The molecule has 0 atom stereocenters. The molecule has 1 aromatic heterocycles. The molecule has 6 nitrogen and oxygen atoms in total. The lowest BCUT2D eigenvalue weighted by atomic mass is 10.1. The molecular formula is C14H15N3O3. The second-order valence-electron chi connectivity index (χ2n) is 4.30. The van der Waals surface area contributed by atoms with Gasteiger partial charge in [-0.05, 0) is 24.6 Å². The van der Waals surface area contributed by atoms with Crippen LogP contribution in [0.4, 0.5) is 5.69 Å². The van der Waals surface area contributed by atoms with Gasteiger partial charge in [-0.15, -0.1) is 0 Å². The Kier molecular flexibility index (Phi) is 4.14. The number of anilines is 1. The minimum atomic E-state index is -0.275. The Balaban J connectivity index is 2.02. The number of nitrogens with zero attached hydrogens (tertiary/aromatic N) is 1. The second-order valence-corrected chi connectivity index (χ2v) is 4.30. The number of amides is 2. The van der Waals surface area contributed by atoms with E-state index in [4.69, 9.17) is 4.52 Å². The fraction of sp³-hybridized carbons (Fsp3) is 0.214. The summed E-state index contributed by atoms with van der Waals surface area (Å²) < 4.78 is 4.84. The van der Waals surface area contributed by atoms with Crippen molar-refractivity contribution >= 4 is 17.5 Å². The number of carbonyl (C=O) groups excluding carboxylic acids is 2. The van der Waals surface area contributed by atoms with Crippen LogP contribution in [0, 0.1) is 6.92 Å². The molecule has 0 bridgehead atoms. The molecule has 0 fully saturated rings. The van der Waals surface area contributed by atoms with Crippen LogP contribution in [0.15, 0.2) is 35.0 Å². The highest BCUT2D eigenvalue weighted by Gasteiger charge is 2.12. The maximum atomic E-state index is 11.9. The zero-order chi connectivity index (χ0) is 14.5.